The Morgan fingerprint density at radius 2 is 0.821 bits per heavy atom. The average molecular weight is 387 g/mol. The van der Waals surface area contributed by atoms with E-state index in [1.807, 2.05) is 12.1 Å². The lowest BCUT2D eigenvalue weighted by Gasteiger charge is -2.09. The first-order valence-electron chi connectivity index (χ1n) is 10.4. The van der Waals surface area contributed by atoms with Crippen LogP contribution in [0, 0.1) is 13.8 Å². The zero-order valence-corrected chi connectivity index (χ0v) is 17.2. The van der Waals surface area contributed by atoms with E-state index in [4.69, 9.17) is 0 Å². The van der Waals surface area contributed by atoms with Gasteiger partial charge in [0, 0.05) is 11.1 Å². The highest BCUT2D eigenvalue weighted by Gasteiger charge is 2.08. The van der Waals surface area contributed by atoms with Crippen molar-refractivity contribution in [3.8, 4) is 23.0 Å². The highest BCUT2D eigenvalue weighted by Crippen LogP contribution is 2.31. The molecule has 0 aromatic heterocycles. The van der Waals surface area contributed by atoms with Gasteiger partial charge in [0.05, 0.1) is 0 Å². The van der Waals surface area contributed by atoms with Crippen molar-refractivity contribution in [1.82, 2.24) is 0 Å². The predicted molar refractivity (Wildman–Crippen MR) is 113 cm³/mol. The van der Waals surface area contributed by atoms with Gasteiger partial charge in [-0.3, -0.25) is 0 Å². The second-order valence-electron chi connectivity index (χ2n) is 7.76. The van der Waals surface area contributed by atoms with Crippen molar-refractivity contribution in [3.05, 3.63) is 46.5 Å². The van der Waals surface area contributed by atoms with Crippen molar-refractivity contribution >= 4 is 0 Å². The molecule has 0 aliphatic carbocycles. The maximum Gasteiger partial charge on any atom is 0.125 e. The molecule has 154 valence electrons. The number of aryl methyl sites for hydroxylation is 2. The molecule has 0 fully saturated rings. The molecule has 0 bridgehead atoms. The Morgan fingerprint density at radius 3 is 1.18 bits per heavy atom. The zero-order chi connectivity index (χ0) is 20.5. The van der Waals surface area contributed by atoms with E-state index in [1.54, 1.807) is 26.0 Å². The Hall–Kier alpha value is -2.36. The minimum absolute atomic E-state index is 0.150. The SMILES string of the molecule is Cc1c(O)ccc(CCCCCCCCCCc2ccc(O)c(C)c2O)c1O. The van der Waals surface area contributed by atoms with Gasteiger partial charge in [-0.05, 0) is 62.8 Å². The predicted octanol–water partition coefficient (Wildman–Crippen LogP) is 6.03. The summed E-state index contributed by atoms with van der Waals surface area (Å²) in [7, 11) is 0. The Bertz CT molecular complexity index is 702. The van der Waals surface area contributed by atoms with Gasteiger partial charge in [-0.25, -0.2) is 0 Å². The molecule has 4 nitrogen and oxygen atoms in total. The molecule has 0 unspecified atom stereocenters. The Kier molecular flexibility index (Phi) is 8.49. The molecule has 2 aromatic rings. The van der Waals surface area contributed by atoms with Crippen molar-refractivity contribution in [2.45, 2.75) is 78.1 Å². The van der Waals surface area contributed by atoms with E-state index in [0.29, 0.717) is 11.1 Å². The van der Waals surface area contributed by atoms with Crippen LogP contribution in [0.25, 0.3) is 0 Å². The molecule has 2 aromatic carbocycles. The number of unbranched alkanes of at least 4 members (excludes halogenated alkanes) is 7. The Balaban J connectivity index is 1.52. The lowest BCUT2D eigenvalue weighted by atomic mass is 10.00. The second kappa shape index (κ2) is 10.8. The van der Waals surface area contributed by atoms with E-state index < -0.39 is 0 Å². The number of benzene rings is 2. The Morgan fingerprint density at radius 1 is 0.500 bits per heavy atom. The summed E-state index contributed by atoms with van der Waals surface area (Å²) < 4.78 is 0. The Labute approximate surface area is 168 Å². The standard InChI is InChI=1S/C24H34O4/c1-17-21(25)15-13-19(23(17)27)11-9-7-5-3-4-6-8-10-12-20-14-16-22(26)18(2)24(20)28/h13-16,25-28H,3-12H2,1-2H3. The zero-order valence-electron chi connectivity index (χ0n) is 17.2. The first-order chi connectivity index (χ1) is 13.4. The third kappa shape index (κ3) is 6.08. The van der Waals surface area contributed by atoms with Gasteiger partial charge in [0.15, 0.2) is 0 Å². The van der Waals surface area contributed by atoms with Crippen molar-refractivity contribution < 1.29 is 20.4 Å². The summed E-state index contributed by atoms with van der Waals surface area (Å²) in [6, 6.07) is 6.93. The van der Waals surface area contributed by atoms with E-state index in [9.17, 15) is 20.4 Å². The van der Waals surface area contributed by atoms with Crippen molar-refractivity contribution in [2.24, 2.45) is 0 Å². The summed E-state index contributed by atoms with van der Waals surface area (Å²) >= 11 is 0. The summed E-state index contributed by atoms with van der Waals surface area (Å²) in [5, 5.41) is 39.2. The first-order valence-corrected chi connectivity index (χ1v) is 10.4. The largest absolute Gasteiger partial charge is 0.508 e. The molecule has 0 aliphatic heterocycles. The molecule has 2 rings (SSSR count). The fourth-order valence-corrected chi connectivity index (χ4v) is 3.59. The van der Waals surface area contributed by atoms with Gasteiger partial charge in [-0.1, -0.05) is 50.7 Å². The van der Waals surface area contributed by atoms with E-state index in [0.717, 1.165) is 49.7 Å². The molecule has 0 aliphatic rings. The summed E-state index contributed by atoms with van der Waals surface area (Å²) in [5.41, 5.74) is 2.97. The van der Waals surface area contributed by atoms with Crippen LogP contribution in [0.4, 0.5) is 0 Å². The van der Waals surface area contributed by atoms with Crippen LogP contribution in [0.1, 0.15) is 73.6 Å². The molecular weight excluding hydrogens is 352 g/mol. The van der Waals surface area contributed by atoms with Crippen LogP contribution in [0.15, 0.2) is 24.3 Å². The minimum Gasteiger partial charge on any atom is -0.508 e. The van der Waals surface area contributed by atoms with E-state index in [1.165, 1.54) is 25.7 Å². The van der Waals surface area contributed by atoms with Crippen LogP contribution in [0.2, 0.25) is 0 Å². The fraction of sp³-hybridized carbons (Fsp3) is 0.500. The number of phenolic OH excluding ortho intramolecular Hbond substituents is 4. The molecule has 0 saturated carbocycles. The molecule has 0 spiro atoms. The number of hydrogen-bond acceptors (Lipinski definition) is 4. The maximum absolute atomic E-state index is 10.0. The topological polar surface area (TPSA) is 80.9 Å². The van der Waals surface area contributed by atoms with Gasteiger partial charge in [0.1, 0.15) is 23.0 Å². The third-order valence-corrected chi connectivity index (χ3v) is 5.61. The van der Waals surface area contributed by atoms with Crippen LogP contribution in [-0.2, 0) is 12.8 Å². The van der Waals surface area contributed by atoms with Crippen LogP contribution in [0.3, 0.4) is 0 Å². The minimum atomic E-state index is 0.150. The highest BCUT2D eigenvalue weighted by atomic mass is 16.3. The molecule has 28 heavy (non-hydrogen) atoms. The normalized spacial score (nSPS) is 11.1. The number of rotatable bonds is 11. The van der Waals surface area contributed by atoms with Crippen molar-refractivity contribution in [3.63, 3.8) is 0 Å². The van der Waals surface area contributed by atoms with Crippen LogP contribution in [-0.4, -0.2) is 20.4 Å². The molecule has 0 saturated heterocycles. The van der Waals surface area contributed by atoms with Gasteiger partial charge in [-0.2, -0.15) is 0 Å². The molecular formula is C24H34O4. The lowest BCUT2D eigenvalue weighted by molar-refractivity contribution is 0.436. The second-order valence-corrected chi connectivity index (χ2v) is 7.76. The highest BCUT2D eigenvalue weighted by molar-refractivity contribution is 5.48. The van der Waals surface area contributed by atoms with Crippen molar-refractivity contribution in [1.29, 1.82) is 0 Å². The summed E-state index contributed by atoms with van der Waals surface area (Å²) in [6.45, 7) is 3.47. The van der Waals surface area contributed by atoms with Gasteiger partial charge in [0.2, 0.25) is 0 Å². The monoisotopic (exact) mass is 386 g/mol. The quantitative estimate of drug-likeness (QED) is 0.355. The van der Waals surface area contributed by atoms with E-state index in [-0.39, 0.29) is 23.0 Å². The van der Waals surface area contributed by atoms with E-state index in [2.05, 4.69) is 0 Å². The summed E-state index contributed by atoms with van der Waals surface area (Å²) in [6.07, 6.45) is 11.0. The van der Waals surface area contributed by atoms with Gasteiger partial charge >= 0.3 is 0 Å². The molecule has 0 radical (unpaired) electrons. The lowest BCUT2D eigenvalue weighted by Crippen LogP contribution is -1.91. The first kappa shape index (κ1) is 21.9. The molecule has 0 atom stereocenters. The van der Waals surface area contributed by atoms with Crippen molar-refractivity contribution in [2.75, 3.05) is 0 Å². The fourth-order valence-electron chi connectivity index (χ4n) is 3.59. The number of phenols is 4. The third-order valence-electron chi connectivity index (χ3n) is 5.61. The summed E-state index contributed by atoms with van der Waals surface area (Å²) in [5.74, 6) is 0.763. The molecule has 4 N–H and O–H groups in total. The number of hydrogen-bond donors (Lipinski definition) is 4. The molecule has 0 amide bonds. The van der Waals surface area contributed by atoms with E-state index >= 15 is 0 Å². The average Bonchev–Trinajstić information content (AvgIpc) is 2.68. The number of aromatic hydroxyl groups is 4. The van der Waals surface area contributed by atoms with Gasteiger partial charge in [-0.15, -0.1) is 0 Å². The van der Waals surface area contributed by atoms with Crippen LogP contribution in [0.5, 0.6) is 23.0 Å². The smallest absolute Gasteiger partial charge is 0.125 e. The maximum atomic E-state index is 10.0. The van der Waals surface area contributed by atoms with Crippen LogP contribution < -0.4 is 0 Å². The van der Waals surface area contributed by atoms with Crippen LogP contribution >= 0.6 is 0 Å². The molecule has 4 heteroatoms. The molecule has 0 heterocycles. The summed E-state index contributed by atoms with van der Waals surface area (Å²) in [4.78, 5) is 0. The van der Waals surface area contributed by atoms with Gasteiger partial charge in [0.25, 0.3) is 0 Å². The van der Waals surface area contributed by atoms with Gasteiger partial charge < -0.3 is 20.4 Å².